The number of hydrogen-bond acceptors (Lipinski definition) is 2. The maximum atomic E-state index is 4.29. The summed E-state index contributed by atoms with van der Waals surface area (Å²) >= 11 is 0. The van der Waals surface area contributed by atoms with E-state index in [4.69, 9.17) is 0 Å². The fraction of sp³-hybridized carbons (Fsp3) is 0.625. The van der Waals surface area contributed by atoms with Crippen LogP contribution >= 0.6 is 0 Å². The first-order chi connectivity index (χ1) is 5.29. The van der Waals surface area contributed by atoms with Gasteiger partial charge in [0.05, 0.1) is 0 Å². The summed E-state index contributed by atoms with van der Waals surface area (Å²) < 4.78 is 2.19. The van der Waals surface area contributed by atoms with Gasteiger partial charge in [0.15, 0.2) is 0 Å². The van der Waals surface area contributed by atoms with Gasteiger partial charge in [0.2, 0.25) is 5.95 Å². The highest BCUT2D eigenvalue weighted by molar-refractivity contribution is 5.35. The third kappa shape index (κ3) is 0.914. The third-order valence-corrected chi connectivity index (χ3v) is 2.16. The van der Waals surface area contributed by atoms with Gasteiger partial charge in [-0.3, -0.25) is 0 Å². The van der Waals surface area contributed by atoms with Gasteiger partial charge in [-0.05, 0) is 13.8 Å². The van der Waals surface area contributed by atoms with E-state index < -0.39 is 0 Å². The second-order valence-electron chi connectivity index (χ2n) is 3.21. The highest BCUT2D eigenvalue weighted by Gasteiger charge is 2.21. The van der Waals surface area contributed by atoms with Crippen molar-refractivity contribution >= 4 is 5.95 Å². The monoisotopic (exact) mass is 151 g/mol. The molecular weight excluding hydrogens is 138 g/mol. The molecule has 0 aromatic carbocycles. The predicted molar refractivity (Wildman–Crippen MR) is 44.7 cm³/mol. The van der Waals surface area contributed by atoms with E-state index in [1.807, 2.05) is 12.4 Å². The molecule has 2 rings (SSSR count). The molecule has 0 saturated heterocycles. The van der Waals surface area contributed by atoms with E-state index in [2.05, 4.69) is 28.3 Å². The van der Waals surface area contributed by atoms with Crippen LogP contribution in [0, 0.1) is 0 Å². The predicted octanol–water partition coefficient (Wildman–Crippen LogP) is 1.11. The van der Waals surface area contributed by atoms with Crippen molar-refractivity contribution < 1.29 is 0 Å². The number of imidazole rings is 1. The number of rotatable bonds is 1. The molecule has 3 heteroatoms. The van der Waals surface area contributed by atoms with Crippen molar-refractivity contribution in [3.05, 3.63) is 12.4 Å². The summed E-state index contributed by atoms with van der Waals surface area (Å²) in [5, 5.41) is 0. The van der Waals surface area contributed by atoms with Crippen molar-refractivity contribution in [3.8, 4) is 0 Å². The minimum Gasteiger partial charge on any atom is -0.338 e. The maximum absolute atomic E-state index is 4.29. The van der Waals surface area contributed by atoms with Gasteiger partial charge in [-0.15, -0.1) is 0 Å². The molecule has 0 aliphatic carbocycles. The average molecular weight is 151 g/mol. The number of aromatic nitrogens is 2. The highest BCUT2D eigenvalue weighted by Crippen LogP contribution is 2.20. The zero-order valence-corrected chi connectivity index (χ0v) is 6.99. The Hall–Kier alpha value is -0.990. The van der Waals surface area contributed by atoms with Crippen molar-refractivity contribution in [1.82, 2.24) is 9.55 Å². The van der Waals surface area contributed by atoms with Crippen molar-refractivity contribution in [2.45, 2.75) is 26.4 Å². The lowest BCUT2D eigenvalue weighted by Gasteiger charge is -2.20. The van der Waals surface area contributed by atoms with E-state index in [9.17, 15) is 0 Å². The van der Waals surface area contributed by atoms with Crippen molar-refractivity contribution in [2.75, 3.05) is 11.4 Å². The van der Waals surface area contributed by atoms with Crippen molar-refractivity contribution in [2.24, 2.45) is 0 Å². The Kier molecular flexibility index (Phi) is 1.37. The van der Waals surface area contributed by atoms with E-state index >= 15 is 0 Å². The van der Waals surface area contributed by atoms with Gasteiger partial charge in [0.1, 0.15) is 0 Å². The standard InChI is InChI=1S/C8H13N3/c1-7(2)11-6-5-10-4-3-9-8(10)11/h3-4,7H,5-6H2,1-2H3. The molecule has 0 fully saturated rings. The molecule has 2 heterocycles. The molecule has 0 amide bonds. The van der Waals surface area contributed by atoms with Crippen LogP contribution in [0.4, 0.5) is 5.95 Å². The Balaban J connectivity index is 2.31. The first kappa shape index (κ1) is 6.70. The summed E-state index contributed by atoms with van der Waals surface area (Å²) in [6.45, 7) is 6.60. The Morgan fingerprint density at radius 2 is 2.27 bits per heavy atom. The summed E-state index contributed by atoms with van der Waals surface area (Å²) in [5.41, 5.74) is 0. The topological polar surface area (TPSA) is 21.1 Å². The minimum absolute atomic E-state index is 0.568. The smallest absolute Gasteiger partial charge is 0.205 e. The second-order valence-corrected chi connectivity index (χ2v) is 3.21. The summed E-state index contributed by atoms with van der Waals surface area (Å²) in [5.74, 6) is 1.13. The Bertz CT molecular complexity index is 252. The van der Waals surface area contributed by atoms with Gasteiger partial charge in [-0.1, -0.05) is 0 Å². The lowest BCUT2D eigenvalue weighted by Crippen LogP contribution is -2.28. The number of nitrogens with zero attached hydrogens (tertiary/aromatic N) is 3. The number of hydrogen-bond donors (Lipinski definition) is 0. The zero-order chi connectivity index (χ0) is 7.84. The van der Waals surface area contributed by atoms with E-state index in [0.29, 0.717) is 6.04 Å². The van der Waals surface area contributed by atoms with Crippen LogP contribution in [0.1, 0.15) is 13.8 Å². The van der Waals surface area contributed by atoms with Gasteiger partial charge < -0.3 is 9.47 Å². The van der Waals surface area contributed by atoms with Crippen LogP contribution in [0.25, 0.3) is 0 Å². The van der Waals surface area contributed by atoms with Crippen molar-refractivity contribution in [3.63, 3.8) is 0 Å². The van der Waals surface area contributed by atoms with Crippen LogP contribution in [0.5, 0.6) is 0 Å². The quantitative estimate of drug-likeness (QED) is 0.599. The molecule has 11 heavy (non-hydrogen) atoms. The summed E-state index contributed by atoms with van der Waals surface area (Å²) in [7, 11) is 0. The van der Waals surface area contributed by atoms with Gasteiger partial charge >= 0.3 is 0 Å². The van der Waals surface area contributed by atoms with E-state index in [-0.39, 0.29) is 0 Å². The van der Waals surface area contributed by atoms with Crippen LogP contribution < -0.4 is 4.90 Å². The Morgan fingerprint density at radius 3 is 3.00 bits per heavy atom. The lowest BCUT2D eigenvalue weighted by atomic mass is 10.3. The SMILES string of the molecule is CC(C)N1CCn2ccnc21. The molecule has 1 aromatic rings. The second kappa shape index (κ2) is 2.26. The van der Waals surface area contributed by atoms with Crippen LogP contribution in [0.2, 0.25) is 0 Å². The number of anilines is 1. The first-order valence-electron chi connectivity index (χ1n) is 4.07. The van der Waals surface area contributed by atoms with E-state index in [1.54, 1.807) is 0 Å². The zero-order valence-electron chi connectivity index (χ0n) is 6.99. The molecule has 1 aromatic heterocycles. The van der Waals surface area contributed by atoms with E-state index in [1.165, 1.54) is 0 Å². The summed E-state index contributed by atoms with van der Waals surface area (Å²) in [4.78, 5) is 6.61. The van der Waals surface area contributed by atoms with Crippen LogP contribution in [-0.2, 0) is 6.54 Å². The van der Waals surface area contributed by atoms with E-state index in [0.717, 1.165) is 19.0 Å². The molecule has 1 aliphatic rings. The largest absolute Gasteiger partial charge is 0.338 e. The maximum Gasteiger partial charge on any atom is 0.205 e. The van der Waals surface area contributed by atoms with Gasteiger partial charge in [0.25, 0.3) is 0 Å². The van der Waals surface area contributed by atoms with Gasteiger partial charge in [0, 0.05) is 31.5 Å². The summed E-state index contributed by atoms with van der Waals surface area (Å²) in [6.07, 6.45) is 3.90. The molecule has 1 aliphatic heterocycles. The van der Waals surface area contributed by atoms with Gasteiger partial charge in [-0.2, -0.15) is 0 Å². The normalized spacial score (nSPS) is 16.1. The fourth-order valence-electron chi connectivity index (χ4n) is 1.54. The van der Waals surface area contributed by atoms with Crippen LogP contribution in [0.15, 0.2) is 12.4 Å². The molecule has 0 N–H and O–H groups in total. The minimum atomic E-state index is 0.568. The van der Waals surface area contributed by atoms with Crippen molar-refractivity contribution in [1.29, 1.82) is 0 Å². The summed E-state index contributed by atoms with van der Waals surface area (Å²) in [6, 6.07) is 0.568. The Labute approximate surface area is 66.6 Å². The van der Waals surface area contributed by atoms with Gasteiger partial charge in [-0.25, -0.2) is 4.98 Å². The van der Waals surface area contributed by atoms with Crippen LogP contribution in [-0.4, -0.2) is 22.1 Å². The molecule has 0 saturated carbocycles. The highest BCUT2D eigenvalue weighted by atomic mass is 15.4. The molecule has 0 radical (unpaired) electrons. The Morgan fingerprint density at radius 1 is 1.45 bits per heavy atom. The van der Waals surface area contributed by atoms with Crippen LogP contribution in [0.3, 0.4) is 0 Å². The molecule has 0 bridgehead atoms. The molecule has 0 spiro atoms. The fourth-order valence-corrected chi connectivity index (χ4v) is 1.54. The molecule has 0 unspecified atom stereocenters. The molecule has 0 atom stereocenters. The first-order valence-corrected chi connectivity index (χ1v) is 4.07. The molecule has 60 valence electrons. The number of fused-ring (bicyclic) bond motifs is 1. The molecule has 3 nitrogen and oxygen atoms in total. The average Bonchev–Trinajstić information content (AvgIpc) is 2.41. The molecular formula is C8H13N3. The lowest BCUT2D eigenvalue weighted by molar-refractivity contribution is 0.693. The third-order valence-electron chi connectivity index (χ3n) is 2.16.